The van der Waals surface area contributed by atoms with Gasteiger partial charge in [-0.1, -0.05) is 18.2 Å². The second-order valence-electron chi connectivity index (χ2n) is 7.39. The maximum absolute atomic E-state index is 13.4. The number of nitrogens with one attached hydrogen (secondary N) is 1. The van der Waals surface area contributed by atoms with Crippen molar-refractivity contribution in [3.63, 3.8) is 0 Å². The molecule has 1 N–H and O–H groups in total. The number of hydrogen-bond acceptors (Lipinski definition) is 6. The van der Waals surface area contributed by atoms with Crippen molar-refractivity contribution in [2.75, 3.05) is 30.4 Å². The Morgan fingerprint density at radius 1 is 1.16 bits per heavy atom. The van der Waals surface area contributed by atoms with Crippen LogP contribution in [0.25, 0.3) is 0 Å². The lowest BCUT2D eigenvalue weighted by Crippen LogP contribution is -2.25. The van der Waals surface area contributed by atoms with E-state index in [1.165, 1.54) is 17.2 Å². The summed E-state index contributed by atoms with van der Waals surface area (Å²) in [5, 5.41) is 11.1. The van der Waals surface area contributed by atoms with Crippen molar-refractivity contribution in [1.82, 2.24) is 20.0 Å². The summed E-state index contributed by atoms with van der Waals surface area (Å²) in [6.07, 6.45) is 2.94. The number of methoxy groups -OCH3 is 1. The number of benzene rings is 1. The van der Waals surface area contributed by atoms with Crippen LogP contribution >= 0.6 is 0 Å². The van der Waals surface area contributed by atoms with Crippen molar-refractivity contribution >= 4 is 17.5 Å². The van der Waals surface area contributed by atoms with E-state index in [9.17, 15) is 13.6 Å². The normalized spacial score (nSPS) is 15.1. The summed E-state index contributed by atoms with van der Waals surface area (Å²) in [6, 6.07) is 10.9. The van der Waals surface area contributed by atoms with Gasteiger partial charge in [-0.05, 0) is 29.3 Å². The zero-order valence-electron chi connectivity index (χ0n) is 17.0. The molecule has 1 saturated heterocycles. The Morgan fingerprint density at radius 3 is 2.58 bits per heavy atom. The van der Waals surface area contributed by atoms with Crippen LogP contribution in [0, 0.1) is 0 Å². The van der Waals surface area contributed by atoms with Gasteiger partial charge < -0.3 is 15.0 Å². The van der Waals surface area contributed by atoms with E-state index in [4.69, 9.17) is 4.74 Å². The fraction of sp³-hybridized carbons (Fsp3) is 0.333. The van der Waals surface area contributed by atoms with Crippen molar-refractivity contribution < 1.29 is 18.3 Å². The topological polar surface area (TPSA) is 85.2 Å². The molecular formula is C21H22F2N6O2. The predicted molar refractivity (Wildman–Crippen MR) is 110 cm³/mol. The Balaban J connectivity index is 1.30. The molecule has 162 valence electrons. The van der Waals surface area contributed by atoms with Crippen molar-refractivity contribution in [2.45, 2.75) is 25.3 Å². The average molecular weight is 428 g/mol. The minimum Gasteiger partial charge on any atom is -0.497 e. The SMILES string of the molecule is COc1ccc(Cn2ncc(NC(=O)Cc3ccc(N4CCC(F)(F)C4)nc3)n2)cc1. The molecular weight excluding hydrogens is 406 g/mol. The van der Waals surface area contributed by atoms with Gasteiger partial charge in [-0.25, -0.2) is 13.8 Å². The molecule has 8 nitrogen and oxygen atoms in total. The minimum absolute atomic E-state index is 0.0920. The first kappa shape index (κ1) is 20.7. The molecule has 3 aromatic rings. The molecule has 1 aliphatic heterocycles. The van der Waals surface area contributed by atoms with Crippen molar-refractivity contribution in [3.8, 4) is 5.75 Å². The lowest BCUT2D eigenvalue weighted by atomic mass is 10.2. The molecule has 0 unspecified atom stereocenters. The second-order valence-corrected chi connectivity index (χ2v) is 7.39. The van der Waals surface area contributed by atoms with E-state index in [1.54, 1.807) is 24.1 Å². The Bertz CT molecular complexity index is 1040. The van der Waals surface area contributed by atoms with E-state index in [1.807, 2.05) is 24.3 Å². The first-order valence-corrected chi connectivity index (χ1v) is 9.81. The molecule has 10 heteroatoms. The Kier molecular flexibility index (Phi) is 5.79. The number of nitrogens with zero attached hydrogens (tertiary/aromatic N) is 5. The summed E-state index contributed by atoms with van der Waals surface area (Å²) in [7, 11) is 1.61. The van der Waals surface area contributed by atoms with Crippen LogP contribution < -0.4 is 15.0 Å². The van der Waals surface area contributed by atoms with Crippen LogP contribution in [-0.2, 0) is 17.8 Å². The van der Waals surface area contributed by atoms with Crippen LogP contribution in [0.5, 0.6) is 5.75 Å². The molecule has 0 saturated carbocycles. The van der Waals surface area contributed by atoms with E-state index < -0.39 is 5.92 Å². The molecule has 0 spiro atoms. The van der Waals surface area contributed by atoms with Crippen molar-refractivity contribution in [2.24, 2.45) is 0 Å². The van der Waals surface area contributed by atoms with Gasteiger partial charge in [-0.3, -0.25) is 4.79 Å². The van der Waals surface area contributed by atoms with Gasteiger partial charge in [0.2, 0.25) is 5.91 Å². The number of anilines is 2. The Morgan fingerprint density at radius 2 is 1.94 bits per heavy atom. The lowest BCUT2D eigenvalue weighted by molar-refractivity contribution is -0.115. The van der Waals surface area contributed by atoms with E-state index in [0.717, 1.165) is 11.3 Å². The first-order chi connectivity index (χ1) is 14.9. The van der Waals surface area contributed by atoms with Crippen LogP contribution in [-0.4, -0.2) is 52.0 Å². The zero-order valence-corrected chi connectivity index (χ0v) is 17.0. The van der Waals surface area contributed by atoms with E-state index in [0.29, 0.717) is 23.7 Å². The summed E-state index contributed by atoms with van der Waals surface area (Å²) in [5.41, 5.74) is 1.68. The lowest BCUT2D eigenvalue weighted by Gasteiger charge is -2.17. The average Bonchev–Trinajstić information content (AvgIpc) is 3.34. The fourth-order valence-corrected chi connectivity index (χ4v) is 3.34. The highest BCUT2D eigenvalue weighted by atomic mass is 19.3. The molecule has 0 aliphatic carbocycles. The van der Waals surface area contributed by atoms with Crippen molar-refractivity contribution in [1.29, 1.82) is 0 Å². The summed E-state index contributed by atoms with van der Waals surface area (Å²) in [6.45, 7) is 0.402. The number of carbonyl (C=O) groups is 1. The maximum atomic E-state index is 13.4. The Labute approximate surface area is 177 Å². The smallest absolute Gasteiger partial charge is 0.266 e. The molecule has 4 rings (SSSR count). The molecule has 31 heavy (non-hydrogen) atoms. The molecule has 0 radical (unpaired) electrons. The van der Waals surface area contributed by atoms with Crippen LogP contribution in [0.4, 0.5) is 20.4 Å². The second kappa shape index (κ2) is 8.66. The highest BCUT2D eigenvalue weighted by Gasteiger charge is 2.38. The number of aromatic nitrogens is 4. The molecule has 1 aromatic carbocycles. The predicted octanol–water partition coefficient (Wildman–Crippen LogP) is 2.76. The quantitative estimate of drug-likeness (QED) is 0.623. The van der Waals surface area contributed by atoms with Gasteiger partial charge in [0.1, 0.15) is 11.6 Å². The number of halogens is 2. The highest BCUT2D eigenvalue weighted by molar-refractivity contribution is 5.91. The van der Waals surface area contributed by atoms with Gasteiger partial charge in [0, 0.05) is 19.2 Å². The fourth-order valence-electron chi connectivity index (χ4n) is 3.34. The maximum Gasteiger partial charge on any atom is 0.266 e. The monoisotopic (exact) mass is 428 g/mol. The van der Waals surface area contributed by atoms with Gasteiger partial charge >= 0.3 is 0 Å². The number of carbonyl (C=O) groups excluding carboxylic acids is 1. The molecule has 0 atom stereocenters. The highest BCUT2D eigenvalue weighted by Crippen LogP contribution is 2.29. The van der Waals surface area contributed by atoms with Crippen LogP contribution in [0.1, 0.15) is 17.5 Å². The van der Waals surface area contributed by atoms with Crippen molar-refractivity contribution in [3.05, 3.63) is 59.9 Å². The number of hydrogen-bond donors (Lipinski definition) is 1. The summed E-state index contributed by atoms with van der Waals surface area (Å²) in [5.74, 6) is -1.33. The summed E-state index contributed by atoms with van der Waals surface area (Å²) in [4.78, 5) is 19.6. The molecule has 3 heterocycles. The van der Waals surface area contributed by atoms with Crippen LogP contribution in [0.2, 0.25) is 0 Å². The summed E-state index contributed by atoms with van der Waals surface area (Å²) < 4.78 is 31.8. The number of pyridine rings is 1. The first-order valence-electron chi connectivity index (χ1n) is 9.81. The molecule has 1 aliphatic rings. The number of rotatable bonds is 7. The molecule has 1 fully saturated rings. The van der Waals surface area contributed by atoms with Gasteiger partial charge in [-0.2, -0.15) is 9.90 Å². The number of alkyl halides is 2. The third-order valence-corrected chi connectivity index (χ3v) is 4.95. The van der Waals surface area contributed by atoms with Crippen LogP contribution in [0.15, 0.2) is 48.8 Å². The van der Waals surface area contributed by atoms with Gasteiger partial charge in [0.25, 0.3) is 5.92 Å². The third kappa shape index (κ3) is 5.33. The third-order valence-electron chi connectivity index (χ3n) is 4.95. The largest absolute Gasteiger partial charge is 0.497 e. The van der Waals surface area contributed by atoms with Gasteiger partial charge in [0.05, 0.1) is 32.8 Å². The van der Waals surface area contributed by atoms with E-state index in [2.05, 4.69) is 20.5 Å². The summed E-state index contributed by atoms with van der Waals surface area (Å²) >= 11 is 0. The van der Waals surface area contributed by atoms with Gasteiger partial charge in [-0.15, -0.1) is 5.10 Å². The Hall–Kier alpha value is -3.56. The van der Waals surface area contributed by atoms with E-state index in [-0.39, 0.29) is 31.8 Å². The standard InChI is InChI=1S/C21H22F2N6O2/c1-31-17-5-2-15(3-6-17)13-29-25-12-18(27-29)26-20(30)10-16-4-7-19(24-11-16)28-9-8-21(22,23)14-28/h2-7,11-12H,8-10,13-14H2,1H3,(H,26,27,30). The molecule has 0 bridgehead atoms. The zero-order chi connectivity index (χ0) is 21.8. The van der Waals surface area contributed by atoms with Gasteiger partial charge in [0.15, 0.2) is 5.82 Å². The van der Waals surface area contributed by atoms with E-state index >= 15 is 0 Å². The minimum atomic E-state index is -2.68. The number of amides is 1. The molecule has 1 amide bonds. The van der Waals surface area contributed by atoms with Crippen LogP contribution in [0.3, 0.4) is 0 Å². The molecule has 2 aromatic heterocycles. The number of ether oxygens (including phenoxy) is 1.